The van der Waals surface area contributed by atoms with Crippen molar-refractivity contribution in [2.75, 3.05) is 26.2 Å². The van der Waals surface area contributed by atoms with Crippen LogP contribution in [0.4, 0.5) is 0 Å². The van der Waals surface area contributed by atoms with E-state index in [9.17, 15) is 9.59 Å². The summed E-state index contributed by atoms with van der Waals surface area (Å²) in [5.41, 5.74) is 2.52. The van der Waals surface area contributed by atoms with Gasteiger partial charge in [0.1, 0.15) is 6.04 Å². The summed E-state index contributed by atoms with van der Waals surface area (Å²) >= 11 is 0. The molecule has 1 atom stereocenters. The molecule has 0 aliphatic carbocycles. The summed E-state index contributed by atoms with van der Waals surface area (Å²) in [4.78, 5) is 30.1. The predicted octanol–water partition coefficient (Wildman–Crippen LogP) is 2.60. The second-order valence-electron chi connectivity index (χ2n) is 7.24. The molecule has 5 heteroatoms. The van der Waals surface area contributed by atoms with Gasteiger partial charge in [0.2, 0.25) is 5.91 Å². The Balaban J connectivity index is 1.51. The molecule has 0 spiro atoms. The number of benzene rings is 2. The molecule has 1 fully saturated rings. The summed E-state index contributed by atoms with van der Waals surface area (Å²) < 4.78 is 0. The average molecular weight is 363 g/mol. The Hall–Kier alpha value is -2.66. The topological polar surface area (TPSA) is 52.7 Å². The molecule has 0 unspecified atom stereocenters. The molecule has 1 N–H and O–H groups in total. The monoisotopic (exact) mass is 363 g/mol. The first kappa shape index (κ1) is 17.7. The van der Waals surface area contributed by atoms with E-state index in [-0.39, 0.29) is 11.8 Å². The lowest BCUT2D eigenvalue weighted by Crippen LogP contribution is -2.43. The van der Waals surface area contributed by atoms with Crippen LogP contribution >= 0.6 is 0 Å². The zero-order chi connectivity index (χ0) is 18.6. The minimum atomic E-state index is -0.607. The minimum absolute atomic E-state index is 0.0749. The summed E-state index contributed by atoms with van der Waals surface area (Å²) in [6, 6.07) is 16.6. The Morgan fingerprint density at radius 2 is 1.70 bits per heavy atom. The molecule has 2 heterocycles. The van der Waals surface area contributed by atoms with Gasteiger partial charge in [0.25, 0.3) is 5.91 Å². The van der Waals surface area contributed by atoms with E-state index < -0.39 is 6.04 Å². The fourth-order valence-electron chi connectivity index (χ4n) is 4.03. The minimum Gasteiger partial charge on any atom is -0.353 e. The smallest absolute Gasteiger partial charge is 0.255 e. The van der Waals surface area contributed by atoms with Crippen molar-refractivity contribution in [3.63, 3.8) is 0 Å². The van der Waals surface area contributed by atoms with Crippen LogP contribution < -0.4 is 5.32 Å². The Morgan fingerprint density at radius 3 is 2.44 bits per heavy atom. The van der Waals surface area contributed by atoms with Crippen molar-refractivity contribution in [2.45, 2.75) is 25.4 Å². The third kappa shape index (κ3) is 3.74. The molecule has 4 rings (SSSR count). The first-order valence-electron chi connectivity index (χ1n) is 9.68. The molecule has 0 bridgehead atoms. The number of hydrogen-bond acceptors (Lipinski definition) is 3. The zero-order valence-electron chi connectivity index (χ0n) is 15.4. The summed E-state index contributed by atoms with van der Waals surface area (Å²) in [5, 5.41) is 3.06. The molecule has 2 aliphatic heterocycles. The van der Waals surface area contributed by atoms with Crippen molar-refractivity contribution < 1.29 is 9.59 Å². The maximum atomic E-state index is 13.1. The van der Waals surface area contributed by atoms with Gasteiger partial charge >= 0.3 is 0 Å². The second-order valence-corrected chi connectivity index (χ2v) is 7.24. The highest BCUT2D eigenvalue weighted by Gasteiger charge is 2.37. The molecular formula is C22H25N3O2. The highest BCUT2D eigenvalue weighted by Crippen LogP contribution is 2.31. The van der Waals surface area contributed by atoms with Crippen LogP contribution in [0.25, 0.3) is 0 Å². The highest BCUT2D eigenvalue weighted by molar-refractivity contribution is 6.01. The molecule has 140 valence electrons. The fraction of sp³-hybridized carbons (Fsp3) is 0.364. The quantitative estimate of drug-likeness (QED) is 0.858. The Morgan fingerprint density at radius 1 is 1.00 bits per heavy atom. The third-order valence-electron chi connectivity index (χ3n) is 5.45. The number of hydrogen-bond donors (Lipinski definition) is 1. The van der Waals surface area contributed by atoms with E-state index >= 15 is 0 Å². The van der Waals surface area contributed by atoms with Gasteiger partial charge in [-0.1, -0.05) is 48.5 Å². The van der Waals surface area contributed by atoms with Gasteiger partial charge in [-0.05, 0) is 43.1 Å². The van der Waals surface area contributed by atoms with Crippen LogP contribution in [-0.2, 0) is 11.3 Å². The molecule has 2 amide bonds. The van der Waals surface area contributed by atoms with E-state index in [4.69, 9.17) is 0 Å². The molecule has 2 aromatic rings. The highest BCUT2D eigenvalue weighted by atomic mass is 16.2. The lowest BCUT2D eigenvalue weighted by atomic mass is 10.0. The number of rotatable bonds is 6. The lowest BCUT2D eigenvalue weighted by molar-refractivity contribution is -0.126. The van der Waals surface area contributed by atoms with Crippen LogP contribution in [0.15, 0.2) is 54.6 Å². The van der Waals surface area contributed by atoms with E-state index in [2.05, 4.69) is 10.2 Å². The summed E-state index contributed by atoms with van der Waals surface area (Å²) in [6.07, 6.45) is 2.47. The molecular weight excluding hydrogens is 338 g/mol. The number of likely N-dealkylation sites (tertiary alicyclic amines) is 1. The van der Waals surface area contributed by atoms with Gasteiger partial charge in [0.05, 0.1) is 0 Å². The molecule has 1 saturated heterocycles. The van der Waals surface area contributed by atoms with E-state index in [1.807, 2.05) is 54.6 Å². The van der Waals surface area contributed by atoms with E-state index in [0.717, 1.165) is 30.8 Å². The lowest BCUT2D eigenvalue weighted by Gasteiger charge is -2.27. The van der Waals surface area contributed by atoms with E-state index in [1.54, 1.807) is 4.90 Å². The van der Waals surface area contributed by atoms with Gasteiger partial charge in [-0.2, -0.15) is 0 Å². The standard InChI is InChI=1S/C22H25N3O2/c26-21(23-12-15-24-13-6-7-14-24)20(17-8-2-1-3-9-17)25-16-18-10-4-5-11-19(18)22(25)27/h1-5,8-11,20H,6-7,12-16H2,(H,23,26)/t20-/m1/s1. The van der Waals surface area contributed by atoms with Gasteiger partial charge < -0.3 is 15.1 Å². The van der Waals surface area contributed by atoms with Gasteiger partial charge in [-0.3, -0.25) is 9.59 Å². The Kier molecular flexibility index (Phi) is 5.21. The molecule has 2 aromatic carbocycles. The number of amides is 2. The molecule has 27 heavy (non-hydrogen) atoms. The van der Waals surface area contributed by atoms with E-state index in [0.29, 0.717) is 18.7 Å². The largest absolute Gasteiger partial charge is 0.353 e. The van der Waals surface area contributed by atoms with Crippen molar-refractivity contribution >= 4 is 11.8 Å². The van der Waals surface area contributed by atoms with Crippen molar-refractivity contribution in [1.29, 1.82) is 0 Å². The van der Waals surface area contributed by atoms with Crippen LogP contribution in [0.1, 0.15) is 40.4 Å². The SMILES string of the molecule is O=C(NCCN1CCCC1)[C@@H](c1ccccc1)N1Cc2ccccc2C1=O. The van der Waals surface area contributed by atoms with Crippen molar-refractivity contribution in [2.24, 2.45) is 0 Å². The number of carbonyl (C=O) groups is 2. The second kappa shape index (κ2) is 7.92. The predicted molar refractivity (Wildman–Crippen MR) is 104 cm³/mol. The van der Waals surface area contributed by atoms with Gasteiger partial charge in [-0.15, -0.1) is 0 Å². The number of nitrogens with one attached hydrogen (secondary N) is 1. The van der Waals surface area contributed by atoms with Crippen molar-refractivity contribution in [3.8, 4) is 0 Å². The number of fused-ring (bicyclic) bond motifs is 1. The van der Waals surface area contributed by atoms with Gasteiger partial charge in [0, 0.05) is 25.2 Å². The molecule has 0 saturated carbocycles. The van der Waals surface area contributed by atoms with Crippen LogP contribution in [0, 0.1) is 0 Å². The Labute approximate surface area is 160 Å². The van der Waals surface area contributed by atoms with Crippen LogP contribution in [-0.4, -0.2) is 47.8 Å². The summed E-state index contributed by atoms with van der Waals surface area (Å²) in [7, 11) is 0. The maximum absolute atomic E-state index is 13.1. The Bertz CT molecular complexity index is 815. The molecule has 5 nitrogen and oxygen atoms in total. The number of carbonyl (C=O) groups excluding carboxylic acids is 2. The van der Waals surface area contributed by atoms with Crippen molar-refractivity contribution in [1.82, 2.24) is 15.1 Å². The van der Waals surface area contributed by atoms with Crippen LogP contribution in [0.3, 0.4) is 0 Å². The normalized spacial score (nSPS) is 17.8. The number of nitrogens with zero attached hydrogens (tertiary/aromatic N) is 2. The first-order chi connectivity index (χ1) is 13.2. The first-order valence-corrected chi connectivity index (χ1v) is 9.68. The maximum Gasteiger partial charge on any atom is 0.255 e. The van der Waals surface area contributed by atoms with Crippen molar-refractivity contribution in [3.05, 3.63) is 71.3 Å². The summed E-state index contributed by atoms with van der Waals surface area (Å²) in [6.45, 7) is 4.16. The molecule has 0 aromatic heterocycles. The summed E-state index contributed by atoms with van der Waals surface area (Å²) in [5.74, 6) is -0.185. The van der Waals surface area contributed by atoms with Crippen LogP contribution in [0.5, 0.6) is 0 Å². The molecule has 2 aliphatic rings. The fourth-order valence-corrected chi connectivity index (χ4v) is 4.03. The van der Waals surface area contributed by atoms with Gasteiger partial charge in [0.15, 0.2) is 0 Å². The van der Waals surface area contributed by atoms with Crippen LogP contribution in [0.2, 0.25) is 0 Å². The zero-order valence-corrected chi connectivity index (χ0v) is 15.4. The third-order valence-corrected chi connectivity index (χ3v) is 5.45. The van der Waals surface area contributed by atoms with Gasteiger partial charge in [-0.25, -0.2) is 0 Å². The average Bonchev–Trinajstić information content (AvgIpc) is 3.32. The van der Waals surface area contributed by atoms with E-state index in [1.165, 1.54) is 12.8 Å². The molecule has 0 radical (unpaired) electrons.